The summed E-state index contributed by atoms with van der Waals surface area (Å²) in [5, 5.41) is 14.8. The molecule has 1 aromatic carbocycles. The summed E-state index contributed by atoms with van der Waals surface area (Å²) in [6.07, 6.45) is -0.0308. The molecule has 1 aromatic heterocycles. The molecule has 1 heterocycles. The van der Waals surface area contributed by atoms with Gasteiger partial charge in [-0.3, -0.25) is 4.68 Å². The first-order chi connectivity index (χ1) is 9.05. The maximum atomic E-state index is 13.4. The molecule has 3 nitrogen and oxygen atoms in total. The molecule has 1 atom stereocenters. The molecule has 0 amide bonds. The van der Waals surface area contributed by atoms with Crippen molar-refractivity contribution < 1.29 is 9.50 Å². The summed E-state index contributed by atoms with van der Waals surface area (Å²) in [5.74, 6) is -0.327. The van der Waals surface area contributed by atoms with E-state index >= 15 is 0 Å². The van der Waals surface area contributed by atoms with Gasteiger partial charge in [0.2, 0.25) is 0 Å². The van der Waals surface area contributed by atoms with E-state index in [2.05, 4.69) is 5.10 Å². The predicted molar refractivity (Wildman–Crippen MR) is 72.5 cm³/mol. The number of halogens is 1. The fourth-order valence-electron chi connectivity index (χ4n) is 2.23. The number of nitrogens with zero attached hydrogens (tertiary/aromatic N) is 2. The number of hydrogen-bond donors (Lipinski definition) is 1. The third-order valence-electron chi connectivity index (χ3n) is 3.18. The van der Waals surface area contributed by atoms with Crippen molar-refractivity contribution in [2.24, 2.45) is 0 Å². The van der Waals surface area contributed by atoms with Gasteiger partial charge in [-0.05, 0) is 49.6 Å². The lowest BCUT2D eigenvalue weighted by Gasteiger charge is -2.13. The Morgan fingerprint density at radius 3 is 2.58 bits per heavy atom. The number of hydrogen-bond acceptors (Lipinski definition) is 2. The Bertz CT molecular complexity index is 557. The van der Waals surface area contributed by atoms with Crippen LogP contribution in [0.3, 0.4) is 0 Å². The Labute approximate surface area is 112 Å². The Hall–Kier alpha value is -1.68. The molecule has 2 rings (SSSR count). The van der Waals surface area contributed by atoms with E-state index in [1.54, 1.807) is 10.7 Å². The predicted octanol–water partition coefficient (Wildman–Crippen LogP) is 2.99. The molecule has 19 heavy (non-hydrogen) atoms. The monoisotopic (exact) mass is 262 g/mol. The van der Waals surface area contributed by atoms with Gasteiger partial charge in [-0.1, -0.05) is 13.0 Å². The number of aliphatic hydroxyl groups is 1. The minimum Gasteiger partial charge on any atom is -0.382 e. The smallest absolute Gasteiger partial charge is 0.123 e. The molecule has 0 aliphatic carbocycles. The zero-order valence-corrected chi connectivity index (χ0v) is 11.5. The normalized spacial score (nSPS) is 12.7. The highest BCUT2D eigenvalue weighted by Gasteiger charge is 2.17. The van der Waals surface area contributed by atoms with E-state index in [1.165, 1.54) is 12.1 Å². The molecule has 0 bridgehead atoms. The topological polar surface area (TPSA) is 38.0 Å². The van der Waals surface area contributed by atoms with Gasteiger partial charge in [0.1, 0.15) is 11.9 Å². The Balaban J connectivity index is 2.42. The van der Waals surface area contributed by atoms with E-state index in [0.717, 1.165) is 17.7 Å². The van der Waals surface area contributed by atoms with Gasteiger partial charge in [-0.2, -0.15) is 5.10 Å². The first-order valence-corrected chi connectivity index (χ1v) is 6.57. The zero-order valence-electron chi connectivity index (χ0n) is 11.5. The van der Waals surface area contributed by atoms with Crippen molar-refractivity contribution in [3.8, 4) is 0 Å². The van der Waals surface area contributed by atoms with Gasteiger partial charge in [0.25, 0.3) is 0 Å². The molecule has 1 unspecified atom stereocenters. The molecule has 0 radical (unpaired) electrons. The van der Waals surface area contributed by atoms with E-state index in [1.807, 2.05) is 26.8 Å². The van der Waals surface area contributed by atoms with Crippen LogP contribution in [0.1, 0.15) is 42.5 Å². The van der Waals surface area contributed by atoms with Crippen molar-refractivity contribution in [1.29, 1.82) is 0 Å². The molecule has 0 saturated carbocycles. The summed E-state index contributed by atoms with van der Waals surface area (Å²) in [6.45, 7) is 6.49. The largest absolute Gasteiger partial charge is 0.382 e. The van der Waals surface area contributed by atoms with Gasteiger partial charge < -0.3 is 5.11 Å². The Morgan fingerprint density at radius 2 is 2.00 bits per heavy atom. The third kappa shape index (κ3) is 2.84. The van der Waals surface area contributed by atoms with Crippen LogP contribution in [0.5, 0.6) is 0 Å². The molecule has 2 aromatic rings. The summed E-state index contributed by atoms with van der Waals surface area (Å²) < 4.78 is 15.2. The van der Waals surface area contributed by atoms with Crippen LogP contribution < -0.4 is 0 Å². The fraction of sp³-hybridized carbons (Fsp3) is 0.400. The first kappa shape index (κ1) is 13.7. The lowest BCUT2D eigenvalue weighted by Crippen LogP contribution is -2.09. The van der Waals surface area contributed by atoms with Crippen molar-refractivity contribution in [2.75, 3.05) is 0 Å². The second kappa shape index (κ2) is 5.53. The standard InChI is InChI=1S/C15H19FN2O/c1-4-13-9-14(18(5-2)17-13)15(19)11-6-10(3)7-12(16)8-11/h6-9,15,19H,4-5H2,1-3H3. The Kier molecular flexibility index (Phi) is 4.00. The quantitative estimate of drug-likeness (QED) is 0.919. The highest BCUT2D eigenvalue weighted by atomic mass is 19.1. The minimum absolute atomic E-state index is 0.327. The Morgan fingerprint density at radius 1 is 1.26 bits per heavy atom. The van der Waals surface area contributed by atoms with Crippen molar-refractivity contribution in [3.05, 3.63) is 52.6 Å². The molecule has 0 saturated heterocycles. The van der Waals surface area contributed by atoms with Crippen LogP contribution in [0.2, 0.25) is 0 Å². The second-order valence-corrected chi connectivity index (χ2v) is 4.69. The van der Waals surface area contributed by atoms with Gasteiger partial charge in [0.05, 0.1) is 11.4 Å². The van der Waals surface area contributed by atoms with E-state index in [0.29, 0.717) is 17.8 Å². The van der Waals surface area contributed by atoms with E-state index in [-0.39, 0.29) is 5.82 Å². The van der Waals surface area contributed by atoms with Gasteiger partial charge >= 0.3 is 0 Å². The summed E-state index contributed by atoms with van der Waals surface area (Å²) in [7, 11) is 0. The average Bonchev–Trinajstić information content (AvgIpc) is 2.80. The van der Waals surface area contributed by atoms with Gasteiger partial charge in [0.15, 0.2) is 0 Å². The van der Waals surface area contributed by atoms with Crippen molar-refractivity contribution in [1.82, 2.24) is 9.78 Å². The van der Waals surface area contributed by atoms with Crippen molar-refractivity contribution in [3.63, 3.8) is 0 Å². The van der Waals surface area contributed by atoms with Crippen LogP contribution in [0.4, 0.5) is 4.39 Å². The van der Waals surface area contributed by atoms with Gasteiger partial charge in [0, 0.05) is 6.54 Å². The number of aromatic nitrogens is 2. The molecule has 0 aliphatic heterocycles. The van der Waals surface area contributed by atoms with Crippen LogP contribution in [0, 0.1) is 12.7 Å². The van der Waals surface area contributed by atoms with Gasteiger partial charge in [-0.15, -0.1) is 0 Å². The fourth-order valence-corrected chi connectivity index (χ4v) is 2.23. The van der Waals surface area contributed by atoms with E-state index in [4.69, 9.17) is 0 Å². The number of rotatable bonds is 4. The number of aryl methyl sites for hydroxylation is 3. The molecule has 102 valence electrons. The van der Waals surface area contributed by atoms with E-state index in [9.17, 15) is 9.50 Å². The maximum absolute atomic E-state index is 13.4. The van der Waals surface area contributed by atoms with Crippen molar-refractivity contribution >= 4 is 0 Å². The molecule has 0 aliphatic rings. The number of aliphatic hydroxyl groups excluding tert-OH is 1. The van der Waals surface area contributed by atoms with Crippen LogP contribution in [0.25, 0.3) is 0 Å². The van der Waals surface area contributed by atoms with Crippen LogP contribution >= 0.6 is 0 Å². The molecule has 4 heteroatoms. The molecule has 1 N–H and O–H groups in total. The molecule has 0 fully saturated rings. The zero-order chi connectivity index (χ0) is 14.0. The molecular formula is C15H19FN2O. The van der Waals surface area contributed by atoms with Crippen LogP contribution in [0.15, 0.2) is 24.3 Å². The average molecular weight is 262 g/mol. The van der Waals surface area contributed by atoms with Crippen molar-refractivity contribution in [2.45, 2.75) is 39.8 Å². The van der Waals surface area contributed by atoms with Gasteiger partial charge in [-0.25, -0.2) is 4.39 Å². The first-order valence-electron chi connectivity index (χ1n) is 6.57. The van der Waals surface area contributed by atoms with Crippen LogP contribution in [-0.4, -0.2) is 14.9 Å². The SMILES string of the molecule is CCc1cc(C(O)c2cc(C)cc(F)c2)n(CC)n1. The highest BCUT2D eigenvalue weighted by Crippen LogP contribution is 2.24. The second-order valence-electron chi connectivity index (χ2n) is 4.69. The molecule has 0 spiro atoms. The lowest BCUT2D eigenvalue weighted by atomic mass is 10.0. The lowest BCUT2D eigenvalue weighted by molar-refractivity contribution is 0.207. The highest BCUT2D eigenvalue weighted by molar-refractivity contribution is 5.31. The summed E-state index contributed by atoms with van der Waals surface area (Å²) in [6, 6.07) is 6.50. The molecular weight excluding hydrogens is 243 g/mol. The summed E-state index contributed by atoms with van der Waals surface area (Å²) in [5.41, 5.74) is 3.01. The summed E-state index contributed by atoms with van der Waals surface area (Å²) >= 11 is 0. The van der Waals surface area contributed by atoms with E-state index < -0.39 is 6.10 Å². The number of benzene rings is 1. The van der Waals surface area contributed by atoms with Crippen LogP contribution in [-0.2, 0) is 13.0 Å². The summed E-state index contributed by atoms with van der Waals surface area (Å²) in [4.78, 5) is 0. The minimum atomic E-state index is -0.845. The third-order valence-corrected chi connectivity index (χ3v) is 3.18. The maximum Gasteiger partial charge on any atom is 0.123 e.